The summed E-state index contributed by atoms with van der Waals surface area (Å²) >= 11 is 7.96. The average molecular weight is 326 g/mol. The van der Waals surface area contributed by atoms with E-state index in [4.69, 9.17) is 5.11 Å². The number of aliphatic carboxylic acids is 1. The fourth-order valence-electron chi connectivity index (χ4n) is 0.727. The first-order valence-electron chi connectivity index (χ1n) is 3.39. The Morgan fingerprint density at radius 3 is 2.77 bits per heavy atom. The summed E-state index contributed by atoms with van der Waals surface area (Å²) in [6.45, 7) is 0. The summed E-state index contributed by atoms with van der Waals surface area (Å²) in [4.78, 5) is 11.2. The number of carboxylic acid groups (broad SMARTS) is 1. The lowest BCUT2D eigenvalue weighted by Crippen LogP contribution is -1.97. The number of hydrogen-bond donors (Lipinski definition) is 1. The Hall–Kier alpha value is -0.000000000000000111. The van der Waals surface area contributed by atoms with Crippen molar-refractivity contribution in [3.05, 3.63) is 27.1 Å². The Morgan fingerprint density at radius 1 is 1.46 bits per heavy atom. The van der Waals surface area contributed by atoms with Gasteiger partial charge < -0.3 is 5.11 Å². The summed E-state index contributed by atoms with van der Waals surface area (Å²) < 4.78 is 1.87. The molecular weight excluding hydrogens is 320 g/mol. The molecule has 0 amide bonds. The number of hydrogen-bond acceptors (Lipinski definition) is 2. The molecule has 0 radical (unpaired) electrons. The molecule has 0 aromatic heterocycles. The van der Waals surface area contributed by atoms with Crippen LogP contribution in [0.25, 0.3) is 0 Å². The van der Waals surface area contributed by atoms with Gasteiger partial charge in [-0.15, -0.1) is 11.8 Å². The van der Waals surface area contributed by atoms with E-state index in [1.807, 2.05) is 18.2 Å². The summed E-state index contributed by atoms with van der Waals surface area (Å²) in [6.07, 6.45) is 0. The Bertz CT molecular complexity index is 328. The van der Waals surface area contributed by atoms with Crippen LogP contribution in [0.15, 0.2) is 32.0 Å². The molecule has 0 aliphatic carbocycles. The highest BCUT2D eigenvalue weighted by atomic mass is 79.9. The van der Waals surface area contributed by atoms with Gasteiger partial charge in [0.05, 0.1) is 5.75 Å². The van der Waals surface area contributed by atoms with Gasteiger partial charge in [0.1, 0.15) is 0 Å². The van der Waals surface area contributed by atoms with E-state index in [0.29, 0.717) is 0 Å². The lowest BCUT2D eigenvalue weighted by molar-refractivity contribution is -0.133. The predicted octanol–water partition coefficient (Wildman–Crippen LogP) is 3.39. The summed E-state index contributed by atoms with van der Waals surface area (Å²) in [5.74, 6) is -0.730. The maximum absolute atomic E-state index is 10.3. The fourth-order valence-corrected chi connectivity index (χ4v) is 2.53. The van der Waals surface area contributed by atoms with Crippen molar-refractivity contribution < 1.29 is 9.90 Å². The van der Waals surface area contributed by atoms with Gasteiger partial charge in [0.2, 0.25) is 0 Å². The maximum Gasteiger partial charge on any atom is 0.313 e. The third-order valence-electron chi connectivity index (χ3n) is 1.24. The van der Waals surface area contributed by atoms with Crippen LogP contribution in [0.2, 0.25) is 0 Å². The van der Waals surface area contributed by atoms with Gasteiger partial charge in [-0.1, -0.05) is 15.9 Å². The van der Waals surface area contributed by atoms with Crippen LogP contribution in [0.5, 0.6) is 0 Å². The molecule has 0 unspecified atom stereocenters. The SMILES string of the molecule is O=C(O)CSc1cc(Br)ccc1Br. The van der Waals surface area contributed by atoms with Crippen LogP contribution in [-0.4, -0.2) is 16.8 Å². The zero-order chi connectivity index (χ0) is 9.84. The van der Waals surface area contributed by atoms with Crippen molar-refractivity contribution >= 4 is 49.6 Å². The molecule has 1 aromatic rings. The molecule has 13 heavy (non-hydrogen) atoms. The second kappa shape index (κ2) is 5.02. The van der Waals surface area contributed by atoms with Gasteiger partial charge in [-0.3, -0.25) is 4.79 Å². The minimum Gasteiger partial charge on any atom is -0.481 e. The lowest BCUT2D eigenvalue weighted by Gasteiger charge is -2.02. The van der Waals surface area contributed by atoms with Crippen molar-refractivity contribution in [3.8, 4) is 0 Å². The summed E-state index contributed by atoms with van der Waals surface area (Å²) in [6, 6.07) is 5.67. The molecule has 0 heterocycles. The van der Waals surface area contributed by atoms with E-state index in [1.54, 1.807) is 0 Å². The fraction of sp³-hybridized carbons (Fsp3) is 0.125. The molecule has 0 aliphatic rings. The van der Waals surface area contributed by atoms with Crippen molar-refractivity contribution in [2.75, 3.05) is 5.75 Å². The van der Waals surface area contributed by atoms with Crippen molar-refractivity contribution in [1.29, 1.82) is 0 Å². The van der Waals surface area contributed by atoms with Crippen LogP contribution < -0.4 is 0 Å². The molecule has 70 valence electrons. The van der Waals surface area contributed by atoms with Gasteiger partial charge in [0, 0.05) is 13.8 Å². The van der Waals surface area contributed by atoms with E-state index < -0.39 is 5.97 Å². The molecule has 0 spiro atoms. The van der Waals surface area contributed by atoms with Crippen molar-refractivity contribution in [3.63, 3.8) is 0 Å². The Kier molecular flexibility index (Phi) is 4.28. The van der Waals surface area contributed by atoms with Crippen molar-refractivity contribution in [2.45, 2.75) is 4.90 Å². The zero-order valence-electron chi connectivity index (χ0n) is 6.46. The van der Waals surface area contributed by atoms with Gasteiger partial charge in [-0.05, 0) is 34.1 Å². The van der Waals surface area contributed by atoms with Crippen LogP contribution >= 0.6 is 43.6 Å². The number of rotatable bonds is 3. The van der Waals surface area contributed by atoms with E-state index >= 15 is 0 Å². The highest BCUT2D eigenvalue weighted by molar-refractivity contribution is 9.11. The minimum atomic E-state index is -0.808. The van der Waals surface area contributed by atoms with Crippen molar-refractivity contribution in [1.82, 2.24) is 0 Å². The average Bonchev–Trinajstić information content (AvgIpc) is 2.06. The highest BCUT2D eigenvalue weighted by Crippen LogP contribution is 2.29. The summed E-state index contributed by atoms with van der Waals surface area (Å²) in [7, 11) is 0. The van der Waals surface area contributed by atoms with E-state index in [1.165, 1.54) is 11.8 Å². The highest BCUT2D eigenvalue weighted by Gasteiger charge is 2.04. The summed E-state index contributed by atoms with van der Waals surface area (Å²) in [5, 5.41) is 8.49. The topological polar surface area (TPSA) is 37.3 Å². The molecule has 1 rings (SSSR count). The smallest absolute Gasteiger partial charge is 0.313 e. The molecule has 5 heteroatoms. The van der Waals surface area contributed by atoms with Crippen LogP contribution in [0.4, 0.5) is 0 Å². The van der Waals surface area contributed by atoms with E-state index in [2.05, 4.69) is 31.9 Å². The maximum atomic E-state index is 10.3. The van der Waals surface area contributed by atoms with Gasteiger partial charge in [0.15, 0.2) is 0 Å². The Morgan fingerprint density at radius 2 is 2.15 bits per heavy atom. The molecule has 2 nitrogen and oxygen atoms in total. The summed E-state index contributed by atoms with van der Waals surface area (Å²) in [5.41, 5.74) is 0. The standard InChI is InChI=1S/C8H6Br2O2S/c9-5-1-2-6(10)7(3-5)13-4-8(11)12/h1-3H,4H2,(H,11,12). The second-order valence-corrected chi connectivity index (χ2v) is 5.04. The number of thioether (sulfide) groups is 1. The van der Waals surface area contributed by atoms with Gasteiger partial charge >= 0.3 is 5.97 Å². The molecule has 0 fully saturated rings. The molecule has 0 aliphatic heterocycles. The van der Waals surface area contributed by atoms with Crippen molar-refractivity contribution in [2.24, 2.45) is 0 Å². The number of carbonyl (C=O) groups is 1. The molecule has 0 saturated carbocycles. The van der Waals surface area contributed by atoms with Crippen LogP contribution in [0, 0.1) is 0 Å². The molecule has 0 atom stereocenters. The third kappa shape index (κ3) is 3.70. The first-order chi connectivity index (χ1) is 6.09. The molecule has 0 bridgehead atoms. The molecule has 1 N–H and O–H groups in total. The largest absolute Gasteiger partial charge is 0.481 e. The first kappa shape index (κ1) is 11.1. The molecule has 0 saturated heterocycles. The lowest BCUT2D eigenvalue weighted by atomic mass is 10.4. The monoisotopic (exact) mass is 324 g/mol. The Labute approximate surface area is 97.0 Å². The van der Waals surface area contributed by atoms with Crippen LogP contribution in [0.3, 0.4) is 0 Å². The number of carboxylic acids is 1. The first-order valence-corrected chi connectivity index (χ1v) is 5.96. The Balaban J connectivity index is 2.75. The van der Waals surface area contributed by atoms with Gasteiger partial charge in [-0.2, -0.15) is 0 Å². The number of benzene rings is 1. The van der Waals surface area contributed by atoms with E-state index in [9.17, 15) is 4.79 Å². The van der Waals surface area contributed by atoms with Gasteiger partial charge in [-0.25, -0.2) is 0 Å². The van der Waals surface area contributed by atoms with Gasteiger partial charge in [0.25, 0.3) is 0 Å². The number of halogens is 2. The molecular formula is C8H6Br2O2S. The normalized spacial score (nSPS) is 10.0. The quantitative estimate of drug-likeness (QED) is 0.865. The van der Waals surface area contributed by atoms with E-state index in [-0.39, 0.29) is 5.75 Å². The minimum absolute atomic E-state index is 0.0784. The third-order valence-corrected chi connectivity index (χ3v) is 3.73. The van der Waals surface area contributed by atoms with Crippen LogP contribution in [0.1, 0.15) is 0 Å². The van der Waals surface area contributed by atoms with E-state index in [0.717, 1.165) is 13.8 Å². The predicted molar refractivity (Wildman–Crippen MR) is 60.2 cm³/mol. The second-order valence-electron chi connectivity index (χ2n) is 2.26. The molecule has 1 aromatic carbocycles. The van der Waals surface area contributed by atoms with Crippen LogP contribution in [-0.2, 0) is 4.79 Å². The zero-order valence-corrected chi connectivity index (χ0v) is 10.4.